The highest BCUT2D eigenvalue weighted by atomic mass is 16.5. The smallest absolute Gasteiger partial charge is 0.248 e. The lowest BCUT2D eigenvalue weighted by atomic mass is 9.96. The van der Waals surface area contributed by atoms with Crippen molar-refractivity contribution in [1.82, 2.24) is 20.1 Å². The molecule has 7 nitrogen and oxygen atoms in total. The summed E-state index contributed by atoms with van der Waals surface area (Å²) < 4.78 is 5.81. The number of piperidine rings is 1. The van der Waals surface area contributed by atoms with Gasteiger partial charge < -0.3 is 14.5 Å². The molecule has 3 rings (SSSR count). The molecule has 0 aromatic carbocycles. The van der Waals surface area contributed by atoms with Gasteiger partial charge in [0.25, 0.3) is 0 Å². The zero-order valence-electron chi connectivity index (χ0n) is 14.8. The van der Waals surface area contributed by atoms with Gasteiger partial charge in [-0.3, -0.25) is 9.89 Å². The first-order valence-corrected chi connectivity index (χ1v) is 9.12. The van der Waals surface area contributed by atoms with Crippen LogP contribution in [0.1, 0.15) is 56.7 Å². The highest BCUT2D eigenvalue weighted by Gasteiger charge is 2.26. The fourth-order valence-corrected chi connectivity index (χ4v) is 3.56. The molecule has 0 spiro atoms. The van der Waals surface area contributed by atoms with E-state index in [0.29, 0.717) is 18.0 Å². The first-order chi connectivity index (χ1) is 11.6. The molecule has 1 aliphatic heterocycles. The molecule has 1 aromatic heterocycles. The van der Waals surface area contributed by atoms with E-state index in [0.717, 1.165) is 44.6 Å². The van der Waals surface area contributed by atoms with Gasteiger partial charge in [-0.15, -0.1) is 5.10 Å². The Morgan fingerprint density at radius 1 is 1.21 bits per heavy atom. The van der Waals surface area contributed by atoms with Gasteiger partial charge in [0.1, 0.15) is 12.4 Å². The van der Waals surface area contributed by atoms with Crippen molar-refractivity contribution in [3.63, 3.8) is 0 Å². The average molecular weight is 335 g/mol. The van der Waals surface area contributed by atoms with E-state index in [4.69, 9.17) is 4.74 Å². The number of nitrogens with one attached hydrogen (secondary N) is 1. The molecule has 1 saturated heterocycles. The molecule has 134 valence electrons. The summed E-state index contributed by atoms with van der Waals surface area (Å²) >= 11 is 0. The molecule has 7 heteroatoms. The van der Waals surface area contributed by atoms with Crippen LogP contribution in [0.5, 0.6) is 0 Å². The molecule has 24 heavy (non-hydrogen) atoms. The maximum absolute atomic E-state index is 12.3. The summed E-state index contributed by atoms with van der Waals surface area (Å²) in [7, 11) is 3.86. The standard InChI is InChI=1S/C17H29N5O2/c1-21(2)17-18-16(19-20-17)13-8-10-22(11-9-13)15(23)12-24-14-6-4-3-5-7-14/h13-14H,3-12H2,1-2H3,(H,18,19,20). The minimum absolute atomic E-state index is 0.130. The predicted octanol–water partition coefficient (Wildman–Crippen LogP) is 1.93. The van der Waals surface area contributed by atoms with Crippen LogP contribution in [0.25, 0.3) is 0 Å². The Morgan fingerprint density at radius 2 is 1.92 bits per heavy atom. The second kappa shape index (κ2) is 7.96. The predicted molar refractivity (Wildman–Crippen MR) is 92.1 cm³/mol. The van der Waals surface area contributed by atoms with Crippen molar-refractivity contribution in [3.05, 3.63) is 5.82 Å². The lowest BCUT2D eigenvalue weighted by molar-refractivity contribution is -0.139. The molecular formula is C17H29N5O2. The number of likely N-dealkylation sites (tertiary alicyclic amines) is 1. The summed E-state index contributed by atoms with van der Waals surface area (Å²) in [5, 5.41) is 7.25. The molecular weight excluding hydrogens is 306 g/mol. The van der Waals surface area contributed by atoms with Crippen molar-refractivity contribution in [2.24, 2.45) is 0 Å². The van der Waals surface area contributed by atoms with E-state index in [1.165, 1.54) is 19.3 Å². The SMILES string of the molecule is CN(C)c1n[nH]c(C2CCN(C(=O)COC3CCCCC3)CC2)n1. The van der Waals surface area contributed by atoms with Crippen LogP contribution in [0.4, 0.5) is 5.95 Å². The normalized spacial score (nSPS) is 20.3. The molecule has 1 aromatic rings. The van der Waals surface area contributed by atoms with Crippen LogP contribution in [0, 0.1) is 0 Å². The monoisotopic (exact) mass is 335 g/mol. The average Bonchev–Trinajstić information content (AvgIpc) is 3.11. The molecule has 1 aliphatic carbocycles. The Hall–Kier alpha value is -1.63. The van der Waals surface area contributed by atoms with Gasteiger partial charge in [0.15, 0.2) is 0 Å². The first-order valence-electron chi connectivity index (χ1n) is 9.12. The van der Waals surface area contributed by atoms with Crippen LogP contribution in [0.3, 0.4) is 0 Å². The number of carbonyl (C=O) groups excluding carboxylic acids is 1. The van der Waals surface area contributed by atoms with E-state index in [1.54, 1.807) is 0 Å². The maximum atomic E-state index is 12.3. The van der Waals surface area contributed by atoms with Crippen molar-refractivity contribution in [3.8, 4) is 0 Å². The Bertz CT molecular complexity index is 531. The summed E-state index contributed by atoms with van der Waals surface area (Å²) in [5.41, 5.74) is 0. The van der Waals surface area contributed by atoms with E-state index in [2.05, 4.69) is 15.2 Å². The number of hydrogen-bond donors (Lipinski definition) is 1. The van der Waals surface area contributed by atoms with Crippen LogP contribution in [0.15, 0.2) is 0 Å². The number of H-pyrrole nitrogens is 1. The Kier molecular flexibility index (Phi) is 5.71. The van der Waals surface area contributed by atoms with Gasteiger partial charge in [-0.25, -0.2) is 0 Å². The van der Waals surface area contributed by atoms with E-state index in [1.807, 2.05) is 23.9 Å². The molecule has 2 fully saturated rings. The van der Waals surface area contributed by atoms with Crippen LogP contribution in [0.2, 0.25) is 0 Å². The molecule has 2 aliphatic rings. The minimum atomic E-state index is 0.130. The van der Waals surface area contributed by atoms with Crippen molar-refractivity contribution in [1.29, 1.82) is 0 Å². The first kappa shape index (κ1) is 17.2. The van der Waals surface area contributed by atoms with Gasteiger partial charge in [-0.2, -0.15) is 4.98 Å². The summed E-state index contributed by atoms with van der Waals surface area (Å²) in [6.07, 6.45) is 8.13. The number of nitrogens with zero attached hydrogens (tertiary/aromatic N) is 4. The number of aromatic nitrogens is 3. The van der Waals surface area contributed by atoms with E-state index < -0.39 is 0 Å². The number of carbonyl (C=O) groups is 1. The summed E-state index contributed by atoms with van der Waals surface area (Å²) in [6.45, 7) is 1.79. The second-order valence-electron chi connectivity index (χ2n) is 7.14. The summed E-state index contributed by atoms with van der Waals surface area (Å²) in [6, 6.07) is 0. The van der Waals surface area contributed by atoms with Crippen LogP contribution in [-0.4, -0.2) is 65.9 Å². The van der Waals surface area contributed by atoms with Crippen LogP contribution in [-0.2, 0) is 9.53 Å². The zero-order chi connectivity index (χ0) is 16.9. The summed E-state index contributed by atoms with van der Waals surface area (Å²) in [5.74, 6) is 2.13. The number of aromatic amines is 1. The van der Waals surface area contributed by atoms with Crippen molar-refractivity contribution in [2.75, 3.05) is 38.7 Å². The molecule has 2 heterocycles. The number of rotatable bonds is 5. The Morgan fingerprint density at radius 3 is 2.54 bits per heavy atom. The van der Waals surface area contributed by atoms with Gasteiger partial charge in [-0.1, -0.05) is 19.3 Å². The van der Waals surface area contributed by atoms with Crippen LogP contribution < -0.4 is 4.90 Å². The number of ether oxygens (including phenoxy) is 1. The topological polar surface area (TPSA) is 74.4 Å². The van der Waals surface area contributed by atoms with E-state index >= 15 is 0 Å². The van der Waals surface area contributed by atoms with Crippen molar-refractivity contribution < 1.29 is 9.53 Å². The third-order valence-corrected chi connectivity index (χ3v) is 5.12. The Labute approximate surface area is 143 Å². The lowest BCUT2D eigenvalue weighted by Gasteiger charge is -2.31. The molecule has 0 bridgehead atoms. The largest absolute Gasteiger partial charge is 0.368 e. The van der Waals surface area contributed by atoms with Gasteiger partial charge in [0.2, 0.25) is 11.9 Å². The lowest BCUT2D eigenvalue weighted by Crippen LogP contribution is -2.40. The number of amides is 1. The fourth-order valence-electron chi connectivity index (χ4n) is 3.56. The second-order valence-corrected chi connectivity index (χ2v) is 7.14. The quantitative estimate of drug-likeness (QED) is 0.890. The number of anilines is 1. The molecule has 1 N–H and O–H groups in total. The van der Waals surface area contributed by atoms with Gasteiger partial charge in [0, 0.05) is 33.1 Å². The van der Waals surface area contributed by atoms with E-state index in [-0.39, 0.29) is 12.5 Å². The molecule has 0 atom stereocenters. The highest BCUT2D eigenvalue weighted by Crippen LogP contribution is 2.26. The van der Waals surface area contributed by atoms with Gasteiger partial charge >= 0.3 is 0 Å². The zero-order valence-corrected chi connectivity index (χ0v) is 14.8. The third kappa shape index (κ3) is 4.26. The highest BCUT2D eigenvalue weighted by molar-refractivity contribution is 5.77. The molecule has 1 saturated carbocycles. The van der Waals surface area contributed by atoms with Gasteiger partial charge in [-0.05, 0) is 25.7 Å². The van der Waals surface area contributed by atoms with Gasteiger partial charge in [0.05, 0.1) is 6.10 Å². The van der Waals surface area contributed by atoms with Crippen molar-refractivity contribution in [2.45, 2.75) is 57.0 Å². The third-order valence-electron chi connectivity index (χ3n) is 5.12. The minimum Gasteiger partial charge on any atom is -0.368 e. The fraction of sp³-hybridized carbons (Fsp3) is 0.824. The Balaban J connectivity index is 1.43. The van der Waals surface area contributed by atoms with Crippen LogP contribution >= 0.6 is 0 Å². The maximum Gasteiger partial charge on any atom is 0.248 e. The molecule has 1 amide bonds. The number of hydrogen-bond acceptors (Lipinski definition) is 5. The summed E-state index contributed by atoms with van der Waals surface area (Å²) in [4.78, 5) is 20.7. The molecule has 0 radical (unpaired) electrons. The molecule has 0 unspecified atom stereocenters. The van der Waals surface area contributed by atoms with Crippen molar-refractivity contribution >= 4 is 11.9 Å². The van der Waals surface area contributed by atoms with E-state index in [9.17, 15) is 4.79 Å².